The largest absolute Gasteiger partial charge is 0.396 e. The maximum Gasteiger partial charge on any atom is 0.331 e. The van der Waals surface area contributed by atoms with Crippen LogP contribution in [0.3, 0.4) is 0 Å². The molecule has 6 N–H and O–H groups in total. The lowest BCUT2D eigenvalue weighted by Gasteiger charge is -2.01. The van der Waals surface area contributed by atoms with Crippen LogP contribution in [0.5, 0.6) is 0 Å². The van der Waals surface area contributed by atoms with Crippen LogP contribution in [0.2, 0.25) is 15.2 Å². The van der Waals surface area contributed by atoms with Crippen LogP contribution >= 0.6 is 34.8 Å². The molecule has 76 valence electrons. The van der Waals surface area contributed by atoms with Gasteiger partial charge in [-0.25, -0.2) is 5.84 Å². The van der Waals surface area contributed by atoms with Crippen LogP contribution in [0.15, 0.2) is 0 Å². The Bertz CT molecular complexity index is 395. The monoisotopic (exact) mass is 255 g/mol. The van der Waals surface area contributed by atoms with Gasteiger partial charge in [0, 0.05) is 0 Å². The summed E-state index contributed by atoms with van der Waals surface area (Å²) in [5.74, 6) is 4.28. The Morgan fingerprint density at radius 2 is 1.86 bits per heavy atom. The number of nitrogen functional groups attached to an aromatic ring is 2. The third kappa shape index (κ3) is 1.85. The molecule has 0 aliphatic heterocycles. The molecule has 1 heterocycles. The van der Waals surface area contributed by atoms with Gasteiger partial charge in [0.2, 0.25) is 0 Å². The fraction of sp³-hybridized carbons (Fsp3) is 0. The maximum absolute atomic E-state index is 11.1. The molecule has 0 unspecified atom stereocenters. The van der Waals surface area contributed by atoms with Crippen LogP contribution in [0, 0.1) is 0 Å². The highest BCUT2D eigenvalue weighted by atomic mass is 35.5. The highest BCUT2D eigenvalue weighted by Crippen LogP contribution is 2.31. The van der Waals surface area contributed by atoms with Gasteiger partial charge in [-0.2, -0.15) is 4.98 Å². The number of nitrogens with two attached hydrogens (primary N) is 2. The Morgan fingerprint density at radius 3 is 2.36 bits per heavy atom. The molecule has 1 rings (SSSR count). The first-order valence-electron chi connectivity index (χ1n) is 3.35. The number of hydrogen-bond acceptors (Lipinski definition) is 3. The second kappa shape index (κ2) is 4.18. The van der Waals surface area contributed by atoms with E-state index in [4.69, 9.17) is 46.4 Å². The zero-order valence-corrected chi connectivity index (χ0v) is 8.96. The zero-order valence-electron chi connectivity index (χ0n) is 6.70. The van der Waals surface area contributed by atoms with Crippen LogP contribution in [-0.4, -0.2) is 5.91 Å². The SMILES string of the molecule is NNC(=O)c1[nH+]c(Cl)c(Cl)c(N)c1Cl. The second-order valence-corrected chi connectivity index (χ2v) is 3.46. The van der Waals surface area contributed by atoms with Gasteiger partial charge >= 0.3 is 5.91 Å². The zero-order chi connectivity index (χ0) is 10.9. The molecule has 0 aromatic carbocycles. The van der Waals surface area contributed by atoms with Crippen LogP contribution in [0.1, 0.15) is 10.5 Å². The van der Waals surface area contributed by atoms with E-state index in [9.17, 15) is 4.79 Å². The third-order valence-electron chi connectivity index (χ3n) is 1.48. The van der Waals surface area contributed by atoms with Crippen molar-refractivity contribution in [1.82, 2.24) is 5.43 Å². The van der Waals surface area contributed by atoms with Crippen molar-refractivity contribution in [3.05, 3.63) is 20.9 Å². The Morgan fingerprint density at radius 1 is 1.29 bits per heavy atom. The molecule has 14 heavy (non-hydrogen) atoms. The molecular weight excluding hydrogens is 250 g/mol. The van der Waals surface area contributed by atoms with Crippen molar-refractivity contribution in [3.63, 3.8) is 0 Å². The van der Waals surface area contributed by atoms with Crippen molar-refractivity contribution in [2.75, 3.05) is 5.73 Å². The normalized spacial score (nSPS) is 10.0. The van der Waals surface area contributed by atoms with E-state index in [-0.39, 0.29) is 26.6 Å². The first-order valence-corrected chi connectivity index (χ1v) is 4.48. The Balaban J connectivity index is 3.40. The van der Waals surface area contributed by atoms with Gasteiger partial charge in [-0.1, -0.05) is 23.2 Å². The molecule has 0 spiro atoms. The predicted molar refractivity (Wildman–Crippen MR) is 54.1 cm³/mol. The van der Waals surface area contributed by atoms with Crippen molar-refractivity contribution >= 4 is 46.4 Å². The van der Waals surface area contributed by atoms with Gasteiger partial charge in [0.15, 0.2) is 0 Å². The molecule has 8 heteroatoms. The minimum atomic E-state index is -0.639. The van der Waals surface area contributed by atoms with Crippen LogP contribution in [0.4, 0.5) is 5.69 Å². The number of carbonyl (C=O) groups excluding carboxylic acids is 1. The van der Waals surface area contributed by atoms with Gasteiger partial charge < -0.3 is 5.73 Å². The van der Waals surface area contributed by atoms with E-state index in [1.54, 1.807) is 0 Å². The van der Waals surface area contributed by atoms with Crippen molar-refractivity contribution in [2.45, 2.75) is 0 Å². The fourth-order valence-electron chi connectivity index (χ4n) is 0.797. The average molecular weight is 256 g/mol. The Kier molecular flexibility index (Phi) is 3.38. The summed E-state index contributed by atoms with van der Waals surface area (Å²) in [5, 5.41) is 0.0553. The molecule has 5 nitrogen and oxygen atoms in total. The molecule has 0 saturated heterocycles. The molecule has 1 amide bonds. The first kappa shape index (κ1) is 11.3. The number of aromatic nitrogens is 1. The maximum atomic E-state index is 11.1. The highest BCUT2D eigenvalue weighted by molar-refractivity contribution is 6.45. The number of hydrogen-bond donors (Lipinski definition) is 3. The topological polar surface area (TPSA) is 95.3 Å². The van der Waals surface area contributed by atoms with Crippen molar-refractivity contribution in [3.8, 4) is 0 Å². The van der Waals surface area contributed by atoms with Crippen molar-refractivity contribution in [2.24, 2.45) is 5.84 Å². The summed E-state index contributed by atoms with van der Waals surface area (Å²) in [4.78, 5) is 13.6. The second-order valence-electron chi connectivity index (χ2n) is 2.33. The van der Waals surface area contributed by atoms with E-state index in [1.807, 2.05) is 5.43 Å². The molecule has 0 aliphatic carbocycles. The number of rotatable bonds is 1. The van der Waals surface area contributed by atoms with Gasteiger partial charge in [-0.3, -0.25) is 10.2 Å². The van der Waals surface area contributed by atoms with Gasteiger partial charge in [-0.05, 0) is 11.6 Å². The summed E-state index contributed by atoms with van der Waals surface area (Å²) >= 11 is 17.0. The number of aromatic amines is 1. The summed E-state index contributed by atoms with van der Waals surface area (Å²) in [5.41, 5.74) is 7.35. The van der Waals surface area contributed by atoms with Crippen molar-refractivity contribution in [1.29, 1.82) is 0 Å². The molecular formula is C6H6Cl3N4O+. The molecule has 0 atom stereocenters. The van der Waals surface area contributed by atoms with Gasteiger partial charge in [0.05, 0.1) is 5.69 Å². The Hall–Kier alpha value is -0.750. The van der Waals surface area contributed by atoms with Gasteiger partial charge in [-0.15, -0.1) is 0 Å². The van der Waals surface area contributed by atoms with E-state index < -0.39 is 5.91 Å². The van der Waals surface area contributed by atoms with Crippen molar-refractivity contribution < 1.29 is 9.78 Å². The number of nitrogens with one attached hydrogen (secondary N) is 2. The lowest BCUT2D eigenvalue weighted by molar-refractivity contribution is -0.379. The lowest BCUT2D eigenvalue weighted by Crippen LogP contribution is -2.35. The van der Waals surface area contributed by atoms with Gasteiger partial charge in [0.1, 0.15) is 10.0 Å². The number of carbonyl (C=O) groups is 1. The summed E-state index contributed by atoms with van der Waals surface area (Å²) in [6.07, 6.45) is 0. The third-order valence-corrected chi connectivity index (χ3v) is 2.64. The molecule has 0 radical (unpaired) electrons. The number of pyridine rings is 1. The lowest BCUT2D eigenvalue weighted by atomic mass is 10.3. The average Bonchev–Trinajstić information content (AvgIpc) is 2.19. The Labute approximate surface area is 94.3 Å². The minimum absolute atomic E-state index is 0.0205. The first-order chi connectivity index (χ1) is 6.49. The van der Waals surface area contributed by atoms with Crippen LogP contribution in [-0.2, 0) is 0 Å². The quantitative estimate of drug-likeness (QED) is 0.298. The molecule has 0 saturated carbocycles. The number of hydrazine groups is 1. The molecule has 0 bridgehead atoms. The molecule has 1 aromatic heterocycles. The summed E-state index contributed by atoms with van der Waals surface area (Å²) in [7, 11) is 0. The van der Waals surface area contributed by atoms with E-state index in [0.717, 1.165) is 0 Å². The number of H-pyrrole nitrogens is 1. The van der Waals surface area contributed by atoms with Crippen LogP contribution < -0.4 is 22.0 Å². The summed E-state index contributed by atoms with van der Waals surface area (Å²) in [6, 6.07) is 0. The predicted octanol–water partition coefficient (Wildman–Crippen LogP) is 0.647. The smallest absolute Gasteiger partial charge is 0.331 e. The van der Waals surface area contributed by atoms with E-state index in [0.29, 0.717) is 0 Å². The van der Waals surface area contributed by atoms with Gasteiger partial charge in [0.25, 0.3) is 10.8 Å². The molecule has 0 aliphatic rings. The standard InChI is InChI=1S/C6H5Cl3N4O/c7-1-3(10)2(8)5(9)12-4(1)6(14)13-11/h11H2,(H2,10,12)(H,13,14)/p+1. The fourth-order valence-corrected chi connectivity index (χ4v) is 1.41. The minimum Gasteiger partial charge on any atom is -0.396 e. The van der Waals surface area contributed by atoms with Crippen LogP contribution in [0.25, 0.3) is 0 Å². The number of anilines is 1. The molecule has 0 fully saturated rings. The summed E-state index contributed by atoms with van der Waals surface area (Å²) < 4.78 is 0. The highest BCUT2D eigenvalue weighted by Gasteiger charge is 2.25. The van der Waals surface area contributed by atoms with E-state index in [1.165, 1.54) is 0 Å². The molecule has 1 aromatic rings. The van der Waals surface area contributed by atoms with E-state index >= 15 is 0 Å². The number of halogens is 3. The number of amides is 1. The summed E-state index contributed by atoms with van der Waals surface area (Å²) in [6.45, 7) is 0. The van der Waals surface area contributed by atoms with E-state index in [2.05, 4.69) is 4.98 Å².